The lowest BCUT2D eigenvalue weighted by Crippen LogP contribution is -2.32. The zero-order valence-electron chi connectivity index (χ0n) is 11.6. The molecule has 0 saturated heterocycles. The van der Waals surface area contributed by atoms with Gasteiger partial charge in [-0.05, 0) is 38.1 Å². The zero-order chi connectivity index (χ0) is 15.6. The lowest BCUT2D eigenvalue weighted by molar-refractivity contribution is -0.118. The maximum absolute atomic E-state index is 12.2. The molecule has 0 radical (unpaired) electrons. The second-order valence-corrected chi connectivity index (χ2v) is 5.60. The molecule has 1 unspecified atom stereocenters. The molecule has 110 valence electrons. The van der Waals surface area contributed by atoms with Crippen molar-refractivity contribution >= 4 is 34.8 Å². The largest absolute Gasteiger partial charge is 0.324 e. The second-order valence-electron chi connectivity index (χ2n) is 4.73. The summed E-state index contributed by atoms with van der Waals surface area (Å²) in [7, 11) is 0. The van der Waals surface area contributed by atoms with Gasteiger partial charge >= 0.3 is 0 Å². The van der Waals surface area contributed by atoms with Crippen molar-refractivity contribution in [1.29, 1.82) is 0 Å². The van der Waals surface area contributed by atoms with Crippen LogP contribution in [0.4, 0.5) is 5.69 Å². The van der Waals surface area contributed by atoms with Crippen molar-refractivity contribution in [3.8, 4) is 0 Å². The smallest absolute Gasteiger partial charge is 0.254 e. The summed E-state index contributed by atoms with van der Waals surface area (Å²) in [5.74, 6) is -0.318. The fourth-order valence-corrected chi connectivity index (χ4v) is 2.45. The molecule has 1 heterocycles. The Morgan fingerprint density at radius 1 is 1.24 bits per heavy atom. The summed E-state index contributed by atoms with van der Waals surface area (Å²) in [6.45, 7) is 3.36. The fourth-order valence-electron chi connectivity index (χ4n) is 1.93. The minimum absolute atomic E-state index is 0.190. The van der Waals surface area contributed by atoms with Crippen LogP contribution in [0.5, 0.6) is 0 Å². The van der Waals surface area contributed by atoms with E-state index in [0.29, 0.717) is 21.3 Å². The second kappa shape index (κ2) is 6.33. The first-order valence-electron chi connectivity index (χ1n) is 6.33. The van der Waals surface area contributed by atoms with Crippen LogP contribution in [0.3, 0.4) is 0 Å². The molecule has 1 atom stereocenters. The number of halogens is 2. The number of pyridine rings is 1. The fraction of sp³-hybridized carbons (Fsp3) is 0.200. The van der Waals surface area contributed by atoms with Crippen LogP contribution in [-0.4, -0.2) is 10.5 Å². The van der Waals surface area contributed by atoms with E-state index in [1.54, 1.807) is 50.4 Å². The summed E-state index contributed by atoms with van der Waals surface area (Å²) in [6.07, 6.45) is 1.59. The van der Waals surface area contributed by atoms with E-state index in [-0.39, 0.29) is 11.5 Å². The predicted molar refractivity (Wildman–Crippen MR) is 85.2 cm³/mol. The molecule has 0 aliphatic carbocycles. The van der Waals surface area contributed by atoms with Gasteiger partial charge < -0.3 is 9.88 Å². The van der Waals surface area contributed by atoms with Gasteiger partial charge in [-0.15, -0.1) is 0 Å². The topological polar surface area (TPSA) is 51.1 Å². The highest BCUT2D eigenvalue weighted by atomic mass is 35.5. The van der Waals surface area contributed by atoms with Crippen molar-refractivity contribution in [2.45, 2.75) is 19.9 Å². The Morgan fingerprint density at radius 3 is 2.48 bits per heavy atom. The average molecular weight is 325 g/mol. The Balaban J connectivity index is 2.23. The van der Waals surface area contributed by atoms with Gasteiger partial charge in [-0.25, -0.2) is 0 Å². The molecule has 0 fully saturated rings. The van der Waals surface area contributed by atoms with Gasteiger partial charge in [0, 0.05) is 27.5 Å². The van der Waals surface area contributed by atoms with Crippen molar-refractivity contribution in [3.05, 3.63) is 62.5 Å². The van der Waals surface area contributed by atoms with E-state index in [4.69, 9.17) is 23.2 Å². The summed E-state index contributed by atoms with van der Waals surface area (Å²) < 4.78 is 1.39. The Morgan fingerprint density at radius 2 is 1.86 bits per heavy atom. The highest BCUT2D eigenvalue weighted by Crippen LogP contribution is 2.23. The van der Waals surface area contributed by atoms with Gasteiger partial charge in [0.15, 0.2) is 0 Å². The number of nitrogens with zero attached hydrogens (tertiary/aromatic N) is 1. The first-order chi connectivity index (χ1) is 9.88. The molecule has 0 saturated carbocycles. The molecule has 1 amide bonds. The number of benzene rings is 1. The summed E-state index contributed by atoms with van der Waals surface area (Å²) in [4.78, 5) is 24.3. The van der Waals surface area contributed by atoms with E-state index in [9.17, 15) is 9.59 Å². The van der Waals surface area contributed by atoms with Crippen LogP contribution < -0.4 is 10.9 Å². The number of carbonyl (C=O) groups excluding carboxylic acids is 1. The highest BCUT2D eigenvalue weighted by Gasteiger charge is 2.16. The normalized spacial score (nSPS) is 12.0. The molecule has 2 aromatic rings. The molecular weight excluding hydrogens is 311 g/mol. The van der Waals surface area contributed by atoms with Gasteiger partial charge in [-0.2, -0.15) is 0 Å². The monoisotopic (exact) mass is 324 g/mol. The van der Waals surface area contributed by atoms with Gasteiger partial charge in [-0.1, -0.05) is 29.3 Å². The van der Waals surface area contributed by atoms with Crippen LogP contribution in [0.1, 0.15) is 18.5 Å². The summed E-state index contributed by atoms with van der Waals surface area (Å²) in [5.41, 5.74) is 0.886. The Kier molecular flexibility index (Phi) is 4.70. The number of amides is 1. The maximum atomic E-state index is 12.2. The number of aromatic nitrogens is 1. The third kappa shape index (κ3) is 3.65. The van der Waals surface area contributed by atoms with E-state index in [0.717, 1.165) is 0 Å². The van der Waals surface area contributed by atoms with E-state index in [1.807, 2.05) is 0 Å². The third-order valence-corrected chi connectivity index (χ3v) is 3.53. The van der Waals surface area contributed by atoms with Crippen LogP contribution in [0.25, 0.3) is 0 Å². The molecule has 1 aromatic heterocycles. The molecule has 21 heavy (non-hydrogen) atoms. The molecule has 2 rings (SSSR count). The molecule has 1 N–H and O–H groups in total. The first-order valence-corrected chi connectivity index (χ1v) is 7.09. The van der Waals surface area contributed by atoms with E-state index >= 15 is 0 Å². The number of aryl methyl sites for hydroxylation is 1. The molecule has 1 aromatic carbocycles. The first kappa shape index (κ1) is 15.6. The molecule has 4 nitrogen and oxygen atoms in total. The highest BCUT2D eigenvalue weighted by molar-refractivity contribution is 6.35. The van der Waals surface area contributed by atoms with Gasteiger partial charge in [0.1, 0.15) is 6.04 Å². The van der Waals surface area contributed by atoms with Gasteiger partial charge in [0.05, 0.1) is 0 Å². The van der Waals surface area contributed by atoms with Crippen LogP contribution in [0.2, 0.25) is 10.0 Å². The van der Waals surface area contributed by atoms with Crippen LogP contribution in [0.15, 0.2) is 41.3 Å². The zero-order valence-corrected chi connectivity index (χ0v) is 13.1. The van der Waals surface area contributed by atoms with Crippen molar-refractivity contribution in [3.63, 3.8) is 0 Å². The van der Waals surface area contributed by atoms with Crippen LogP contribution in [0, 0.1) is 6.92 Å². The van der Waals surface area contributed by atoms with E-state index < -0.39 is 6.04 Å². The minimum atomic E-state index is -0.643. The summed E-state index contributed by atoms with van der Waals surface area (Å²) in [5, 5.41) is 3.56. The number of nitrogens with one attached hydrogen (secondary N) is 1. The standard InChI is InChI=1S/C15H14Cl2N2O2/c1-9-4-3-5-19(15(9)21)10(2)14(20)18-13-7-11(16)6-12(17)8-13/h3-8,10H,1-2H3,(H,18,20). The summed E-state index contributed by atoms with van der Waals surface area (Å²) >= 11 is 11.8. The molecular formula is C15H14Cl2N2O2. The number of hydrogen-bond donors (Lipinski definition) is 1. The predicted octanol–water partition coefficient (Wildman–Crippen LogP) is 3.66. The third-order valence-electron chi connectivity index (χ3n) is 3.09. The van der Waals surface area contributed by atoms with Crippen LogP contribution in [-0.2, 0) is 4.79 Å². The van der Waals surface area contributed by atoms with Gasteiger partial charge in [0.25, 0.3) is 5.56 Å². The Bertz CT molecular complexity index is 720. The quantitative estimate of drug-likeness (QED) is 0.936. The SMILES string of the molecule is Cc1cccn(C(C)C(=O)Nc2cc(Cl)cc(Cl)c2)c1=O. The van der Waals surface area contributed by atoms with Gasteiger partial charge in [-0.3, -0.25) is 9.59 Å². The van der Waals surface area contributed by atoms with Crippen molar-refractivity contribution in [2.75, 3.05) is 5.32 Å². The van der Waals surface area contributed by atoms with Crippen molar-refractivity contribution < 1.29 is 4.79 Å². The average Bonchev–Trinajstić information content (AvgIpc) is 2.40. The molecule has 0 aliphatic rings. The number of hydrogen-bond acceptors (Lipinski definition) is 2. The molecule has 6 heteroatoms. The van der Waals surface area contributed by atoms with Crippen molar-refractivity contribution in [2.24, 2.45) is 0 Å². The van der Waals surface area contributed by atoms with E-state index in [1.165, 1.54) is 4.57 Å². The maximum Gasteiger partial charge on any atom is 0.254 e. The number of rotatable bonds is 3. The molecule has 0 spiro atoms. The molecule has 0 aliphatic heterocycles. The number of anilines is 1. The Labute approximate surface area is 132 Å². The van der Waals surface area contributed by atoms with E-state index in [2.05, 4.69) is 5.32 Å². The van der Waals surface area contributed by atoms with Crippen molar-refractivity contribution in [1.82, 2.24) is 4.57 Å². The molecule has 0 bridgehead atoms. The van der Waals surface area contributed by atoms with Crippen LogP contribution >= 0.6 is 23.2 Å². The van der Waals surface area contributed by atoms with Gasteiger partial charge in [0.2, 0.25) is 5.91 Å². The summed E-state index contributed by atoms with van der Waals surface area (Å²) in [6, 6.07) is 7.56. The lowest BCUT2D eigenvalue weighted by Gasteiger charge is -2.15. The minimum Gasteiger partial charge on any atom is -0.324 e. The number of carbonyl (C=O) groups is 1. The lowest BCUT2D eigenvalue weighted by atomic mass is 10.2. The Hall–Kier alpha value is -1.78.